The molecule has 42 heavy (non-hydrogen) atoms. The summed E-state index contributed by atoms with van der Waals surface area (Å²) in [4.78, 5) is 17.7. The van der Waals surface area contributed by atoms with Crippen LogP contribution in [0.4, 0.5) is 22.0 Å². The van der Waals surface area contributed by atoms with Gasteiger partial charge in [0.2, 0.25) is 0 Å². The van der Waals surface area contributed by atoms with Gasteiger partial charge in [0.05, 0.1) is 18.5 Å². The van der Waals surface area contributed by atoms with E-state index in [1.807, 2.05) is 72.9 Å². The maximum Gasteiger partial charge on any atom is 0.323 e. The zero-order valence-corrected chi connectivity index (χ0v) is 24.9. The van der Waals surface area contributed by atoms with E-state index in [2.05, 4.69) is 79.0 Å². The molecular formula is C36H38N4O2. The van der Waals surface area contributed by atoms with Crippen molar-refractivity contribution in [1.29, 1.82) is 0 Å². The van der Waals surface area contributed by atoms with Crippen molar-refractivity contribution in [3.8, 4) is 5.75 Å². The Balaban J connectivity index is 1.34. The van der Waals surface area contributed by atoms with Gasteiger partial charge in [0, 0.05) is 17.6 Å². The molecule has 0 aliphatic rings. The number of nitrogens with zero attached hydrogens (tertiary/aromatic N) is 1. The molecule has 1 unspecified atom stereocenters. The van der Waals surface area contributed by atoms with E-state index in [1.165, 1.54) is 11.1 Å². The second-order valence-electron chi connectivity index (χ2n) is 11.6. The summed E-state index contributed by atoms with van der Waals surface area (Å²) in [6, 6.07) is 32.4. The lowest BCUT2D eigenvalue weighted by Crippen LogP contribution is -2.21. The van der Waals surface area contributed by atoms with Crippen LogP contribution in [0.25, 0.3) is 10.8 Å². The van der Waals surface area contributed by atoms with Gasteiger partial charge in [0.25, 0.3) is 0 Å². The molecule has 0 saturated carbocycles. The summed E-state index contributed by atoms with van der Waals surface area (Å²) in [6.07, 6.45) is 2.58. The third-order valence-electron chi connectivity index (χ3n) is 7.46. The van der Waals surface area contributed by atoms with E-state index in [4.69, 9.17) is 4.74 Å². The summed E-state index contributed by atoms with van der Waals surface area (Å²) >= 11 is 0. The van der Waals surface area contributed by atoms with E-state index in [1.54, 1.807) is 7.11 Å². The van der Waals surface area contributed by atoms with Crippen LogP contribution in [-0.2, 0) is 11.8 Å². The average molecular weight is 559 g/mol. The molecule has 5 rings (SSSR count). The number of ether oxygens (including phenoxy) is 1. The summed E-state index contributed by atoms with van der Waals surface area (Å²) in [7, 11) is 1.60. The SMILES string of the molecule is COc1ccc(C(C)(C)C)cc1NC(=O)Nc1ccc(Cc2ccnc(NC(C)c3ccccc3)c2)c2ccccc12. The number of methoxy groups -OCH3 is 1. The topological polar surface area (TPSA) is 75.3 Å². The smallest absolute Gasteiger partial charge is 0.323 e. The van der Waals surface area contributed by atoms with Gasteiger partial charge in [0.1, 0.15) is 11.6 Å². The molecule has 1 heterocycles. The zero-order valence-electron chi connectivity index (χ0n) is 24.9. The monoisotopic (exact) mass is 558 g/mol. The second-order valence-corrected chi connectivity index (χ2v) is 11.6. The fraction of sp³-hybridized carbons (Fsp3) is 0.222. The maximum atomic E-state index is 13.2. The first-order chi connectivity index (χ1) is 20.2. The van der Waals surface area contributed by atoms with Crippen LogP contribution in [0.2, 0.25) is 0 Å². The van der Waals surface area contributed by atoms with Crippen LogP contribution in [0.15, 0.2) is 103 Å². The van der Waals surface area contributed by atoms with Crippen molar-refractivity contribution in [2.45, 2.75) is 45.6 Å². The molecule has 214 valence electrons. The van der Waals surface area contributed by atoms with Gasteiger partial charge in [-0.1, -0.05) is 87.5 Å². The van der Waals surface area contributed by atoms with Crippen molar-refractivity contribution in [3.63, 3.8) is 0 Å². The number of aromatic nitrogens is 1. The highest BCUT2D eigenvalue weighted by molar-refractivity contribution is 6.07. The van der Waals surface area contributed by atoms with Gasteiger partial charge in [-0.05, 0) is 76.7 Å². The number of urea groups is 1. The Hall–Kier alpha value is -4.84. The number of fused-ring (bicyclic) bond motifs is 1. The maximum absolute atomic E-state index is 13.2. The van der Waals surface area contributed by atoms with Crippen LogP contribution in [0.1, 0.15) is 56.0 Å². The lowest BCUT2D eigenvalue weighted by atomic mass is 9.87. The first-order valence-electron chi connectivity index (χ1n) is 14.2. The molecule has 0 bridgehead atoms. The number of amides is 2. The summed E-state index contributed by atoms with van der Waals surface area (Å²) in [5, 5.41) is 11.6. The Kier molecular flexibility index (Phi) is 8.43. The van der Waals surface area contributed by atoms with Gasteiger partial charge < -0.3 is 20.7 Å². The molecule has 4 aromatic carbocycles. The number of carbonyl (C=O) groups excluding carboxylic acids is 1. The molecular weight excluding hydrogens is 520 g/mol. The molecule has 0 fully saturated rings. The van der Waals surface area contributed by atoms with Gasteiger partial charge >= 0.3 is 6.03 Å². The number of hydrogen-bond donors (Lipinski definition) is 3. The fourth-order valence-electron chi connectivity index (χ4n) is 5.10. The van der Waals surface area contributed by atoms with Crippen LogP contribution in [0.5, 0.6) is 5.75 Å². The van der Waals surface area contributed by atoms with Crippen molar-refractivity contribution < 1.29 is 9.53 Å². The molecule has 6 nitrogen and oxygen atoms in total. The molecule has 0 spiro atoms. The molecule has 1 atom stereocenters. The Bertz CT molecular complexity index is 1690. The average Bonchev–Trinajstić information content (AvgIpc) is 2.98. The first kappa shape index (κ1) is 28.7. The Morgan fingerprint density at radius 1 is 0.833 bits per heavy atom. The number of hydrogen-bond acceptors (Lipinski definition) is 4. The summed E-state index contributed by atoms with van der Waals surface area (Å²) < 4.78 is 5.51. The minimum atomic E-state index is -0.324. The van der Waals surface area contributed by atoms with E-state index < -0.39 is 0 Å². The Morgan fingerprint density at radius 3 is 2.29 bits per heavy atom. The molecule has 3 N–H and O–H groups in total. The van der Waals surface area contributed by atoms with Crippen molar-refractivity contribution >= 4 is 34.0 Å². The first-order valence-corrected chi connectivity index (χ1v) is 14.2. The lowest BCUT2D eigenvalue weighted by molar-refractivity contribution is 0.262. The molecule has 0 aliphatic heterocycles. The van der Waals surface area contributed by atoms with Gasteiger partial charge in [0.15, 0.2) is 0 Å². The van der Waals surface area contributed by atoms with Crippen LogP contribution in [0.3, 0.4) is 0 Å². The Morgan fingerprint density at radius 2 is 1.55 bits per heavy atom. The number of benzene rings is 4. The van der Waals surface area contributed by atoms with E-state index in [0.29, 0.717) is 11.4 Å². The van der Waals surface area contributed by atoms with Crippen molar-refractivity contribution in [1.82, 2.24) is 4.98 Å². The third kappa shape index (κ3) is 6.72. The van der Waals surface area contributed by atoms with E-state index in [0.717, 1.165) is 39.8 Å². The zero-order chi connectivity index (χ0) is 29.7. The van der Waals surface area contributed by atoms with Crippen LogP contribution in [0, 0.1) is 0 Å². The van der Waals surface area contributed by atoms with Gasteiger partial charge in [-0.2, -0.15) is 0 Å². The lowest BCUT2D eigenvalue weighted by Gasteiger charge is -2.21. The standard InChI is InChI=1S/C36H38N4O2/c1-24(26-11-7-6-8-12-26)38-34-22-25(19-20-37-34)21-27-15-17-31(30-14-10-9-13-29(27)30)39-35(41)40-32-23-28(36(2,3)4)16-18-33(32)42-5/h6-20,22-24H,21H2,1-5H3,(H,37,38)(H2,39,40,41). The van der Waals surface area contributed by atoms with Crippen LogP contribution in [-0.4, -0.2) is 18.1 Å². The molecule has 1 aromatic heterocycles. The largest absolute Gasteiger partial charge is 0.495 e. The molecule has 6 heteroatoms. The fourth-order valence-corrected chi connectivity index (χ4v) is 5.10. The van der Waals surface area contributed by atoms with Crippen molar-refractivity contribution in [2.75, 3.05) is 23.1 Å². The number of nitrogens with one attached hydrogen (secondary N) is 3. The summed E-state index contributed by atoms with van der Waals surface area (Å²) in [5.74, 6) is 1.46. The minimum absolute atomic E-state index is 0.0585. The second kappa shape index (κ2) is 12.4. The normalized spacial score (nSPS) is 12.0. The van der Waals surface area contributed by atoms with Crippen molar-refractivity contribution in [3.05, 3.63) is 126 Å². The quantitative estimate of drug-likeness (QED) is 0.178. The molecule has 5 aromatic rings. The predicted molar refractivity (Wildman–Crippen MR) is 174 cm³/mol. The van der Waals surface area contributed by atoms with Crippen LogP contribution < -0.4 is 20.7 Å². The minimum Gasteiger partial charge on any atom is -0.495 e. The highest BCUT2D eigenvalue weighted by Crippen LogP contribution is 2.33. The number of carbonyl (C=O) groups is 1. The molecule has 0 radical (unpaired) electrons. The van der Waals surface area contributed by atoms with Gasteiger partial charge in [-0.15, -0.1) is 0 Å². The molecule has 2 amide bonds. The number of anilines is 3. The van der Waals surface area contributed by atoms with E-state index in [9.17, 15) is 4.79 Å². The van der Waals surface area contributed by atoms with Gasteiger partial charge in [-0.3, -0.25) is 0 Å². The Labute approximate surface area is 248 Å². The predicted octanol–water partition coefficient (Wildman–Crippen LogP) is 8.95. The van der Waals surface area contributed by atoms with Crippen LogP contribution >= 0.6 is 0 Å². The number of rotatable bonds is 8. The molecule has 0 saturated heterocycles. The number of pyridine rings is 1. The van der Waals surface area contributed by atoms with E-state index in [-0.39, 0.29) is 17.5 Å². The van der Waals surface area contributed by atoms with Crippen molar-refractivity contribution in [2.24, 2.45) is 0 Å². The molecule has 0 aliphatic carbocycles. The summed E-state index contributed by atoms with van der Waals surface area (Å²) in [5.41, 5.74) is 5.96. The van der Waals surface area contributed by atoms with E-state index >= 15 is 0 Å². The summed E-state index contributed by atoms with van der Waals surface area (Å²) in [6.45, 7) is 8.55. The third-order valence-corrected chi connectivity index (χ3v) is 7.46. The highest BCUT2D eigenvalue weighted by atomic mass is 16.5. The highest BCUT2D eigenvalue weighted by Gasteiger charge is 2.18. The van der Waals surface area contributed by atoms with Gasteiger partial charge in [-0.25, -0.2) is 9.78 Å².